The van der Waals surface area contributed by atoms with Crippen molar-refractivity contribution in [2.45, 2.75) is 24.9 Å². The van der Waals surface area contributed by atoms with Crippen LogP contribution in [0.2, 0.25) is 0 Å². The molecule has 1 amide bonds. The Labute approximate surface area is 249 Å². The van der Waals surface area contributed by atoms with E-state index in [1.807, 2.05) is 0 Å². The lowest BCUT2D eigenvalue weighted by atomic mass is 10.1. The molecule has 0 aliphatic heterocycles. The van der Waals surface area contributed by atoms with Crippen LogP contribution in [0.15, 0.2) is 94.3 Å². The van der Waals surface area contributed by atoms with Gasteiger partial charge in [-0.3, -0.25) is 4.79 Å². The zero-order valence-electron chi connectivity index (χ0n) is 22.1. The number of carbonyl (C=O) groups is 2. The van der Waals surface area contributed by atoms with Crippen LogP contribution in [0.4, 0.5) is 18.9 Å². The molecule has 1 N–H and O–H groups in total. The van der Waals surface area contributed by atoms with Gasteiger partial charge < -0.3 is 10.1 Å². The highest BCUT2D eigenvalue weighted by atomic mass is 79.9. The van der Waals surface area contributed by atoms with Gasteiger partial charge in [-0.2, -0.15) is 4.31 Å². The van der Waals surface area contributed by atoms with Crippen LogP contribution in [0.3, 0.4) is 0 Å². The van der Waals surface area contributed by atoms with Gasteiger partial charge in [0.05, 0.1) is 22.6 Å². The highest BCUT2D eigenvalue weighted by Crippen LogP contribution is 2.25. The predicted octanol–water partition coefficient (Wildman–Crippen LogP) is 6.69. The third-order valence-corrected chi connectivity index (χ3v) is 8.41. The van der Waals surface area contributed by atoms with E-state index in [-0.39, 0.29) is 30.3 Å². The molecule has 4 aromatic rings. The number of hydrogen-bond acceptors (Lipinski definition) is 5. The Hall–Kier alpha value is -4.00. The Kier molecular flexibility index (Phi) is 9.81. The lowest BCUT2D eigenvalue weighted by Gasteiger charge is -2.23. The summed E-state index contributed by atoms with van der Waals surface area (Å²) in [5.74, 6) is -4.92. The summed E-state index contributed by atoms with van der Waals surface area (Å²) in [5.41, 5.74) is 0.765. The Bertz CT molecular complexity index is 1720. The zero-order chi connectivity index (χ0) is 30.4. The molecule has 0 saturated heterocycles. The largest absolute Gasteiger partial charge is 0.462 e. The van der Waals surface area contributed by atoms with Crippen LogP contribution in [-0.2, 0) is 27.8 Å². The zero-order valence-corrected chi connectivity index (χ0v) is 24.5. The van der Waals surface area contributed by atoms with E-state index in [0.717, 1.165) is 45.2 Å². The molecule has 218 valence electrons. The molecule has 0 fully saturated rings. The molecule has 42 heavy (non-hydrogen) atoms. The monoisotopic (exact) mass is 660 g/mol. The van der Waals surface area contributed by atoms with Gasteiger partial charge in [-0.15, -0.1) is 0 Å². The minimum Gasteiger partial charge on any atom is -0.462 e. The number of nitrogens with zero attached hydrogens (tertiary/aromatic N) is 1. The molecule has 0 aliphatic rings. The van der Waals surface area contributed by atoms with Crippen molar-refractivity contribution in [1.29, 1.82) is 0 Å². The van der Waals surface area contributed by atoms with Crippen LogP contribution in [0.1, 0.15) is 38.8 Å². The molecule has 0 aliphatic carbocycles. The van der Waals surface area contributed by atoms with Crippen molar-refractivity contribution in [1.82, 2.24) is 4.31 Å². The summed E-state index contributed by atoms with van der Waals surface area (Å²) < 4.78 is 76.3. The molecule has 0 unspecified atom stereocenters. The lowest BCUT2D eigenvalue weighted by molar-refractivity contribution is 0.0526. The number of halogens is 4. The summed E-state index contributed by atoms with van der Waals surface area (Å²) in [6, 6.07) is 18.6. The molecule has 4 rings (SSSR count). The first-order chi connectivity index (χ1) is 20.0. The quantitative estimate of drug-likeness (QED) is 0.192. The van der Waals surface area contributed by atoms with E-state index in [2.05, 4.69) is 21.2 Å². The van der Waals surface area contributed by atoms with Gasteiger partial charge in [0.15, 0.2) is 11.6 Å². The SMILES string of the molecule is CCOC(=O)c1ccc(CN(Cc2ccc(Br)cc2)S(=O)(=O)c2ccc(F)c(C(=O)Nc3ccc(F)c(F)c3)c2)cc1. The molecule has 4 aromatic carbocycles. The number of hydrogen-bond donors (Lipinski definition) is 1. The molecule has 0 radical (unpaired) electrons. The Morgan fingerprint density at radius 1 is 0.810 bits per heavy atom. The van der Waals surface area contributed by atoms with E-state index in [1.165, 1.54) is 12.1 Å². The van der Waals surface area contributed by atoms with E-state index in [1.54, 1.807) is 43.3 Å². The number of benzene rings is 4. The second-order valence-electron chi connectivity index (χ2n) is 9.04. The van der Waals surface area contributed by atoms with Crippen LogP contribution in [0, 0.1) is 17.5 Å². The van der Waals surface area contributed by atoms with Crippen LogP contribution in [0.5, 0.6) is 0 Å². The second-order valence-corrected chi connectivity index (χ2v) is 11.9. The fraction of sp³-hybridized carbons (Fsp3) is 0.133. The summed E-state index contributed by atoms with van der Waals surface area (Å²) in [5, 5.41) is 2.25. The number of carbonyl (C=O) groups excluding carboxylic acids is 2. The summed E-state index contributed by atoms with van der Waals surface area (Å²) in [6.45, 7) is 1.71. The molecule has 0 aromatic heterocycles. The van der Waals surface area contributed by atoms with Crippen molar-refractivity contribution in [3.63, 3.8) is 0 Å². The number of amides is 1. The maximum atomic E-state index is 14.7. The van der Waals surface area contributed by atoms with Crippen molar-refractivity contribution >= 4 is 43.5 Å². The molecule has 0 spiro atoms. The number of rotatable bonds is 10. The molecule has 12 heteroatoms. The van der Waals surface area contributed by atoms with E-state index in [9.17, 15) is 31.2 Å². The smallest absolute Gasteiger partial charge is 0.338 e. The summed E-state index contributed by atoms with van der Waals surface area (Å²) in [7, 11) is -4.33. The van der Waals surface area contributed by atoms with Gasteiger partial charge >= 0.3 is 5.97 Å². The minimum atomic E-state index is -4.33. The first-order valence-corrected chi connectivity index (χ1v) is 14.8. The second kappa shape index (κ2) is 13.3. The first kappa shape index (κ1) is 30.9. The normalized spacial score (nSPS) is 11.4. The van der Waals surface area contributed by atoms with Crippen molar-refractivity contribution < 1.29 is 35.9 Å². The fourth-order valence-corrected chi connectivity index (χ4v) is 5.65. The van der Waals surface area contributed by atoms with Gasteiger partial charge in [0.25, 0.3) is 5.91 Å². The van der Waals surface area contributed by atoms with Gasteiger partial charge in [0, 0.05) is 29.3 Å². The molecule has 0 heterocycles. The van der Waals surface area contributed by atoms with E-state index in [0.29, 0.717) is 16.7 Å². The molecule has 0 atom stereocenters. The van der Waals surface area contributed by atoms with Gasteiger partial charge in [-0.05, 0) is 72.6 Å². The van der Waals surface area contributed by atoms with E-state index in [4.69, 9.17) is 4.74 Å². The third kappa shape index (κ3) is 7.44. The molecule has 0 bridgehead atoms. The average Bonchev–Trinajstić information content (AvgIpc) is 2.96. The number of anilines is 1. The van der Waals surface area contributed by atoms with Crippen molar-refractivity contribution in [3.8, 4) is 0 Å². The van der Waals surface area contributed by atoms with E-state index < -0.39 is 44.9 Å². The fourth-order valence-electron chi connectivity index (χ4n) is 3.94. The highest BCUT2D eigenvalue weighted by molar-refractivity contribution is 9.10. The predicted molar refractivity (Wildman–Crippen MR) is 154 cm³/mol. The van der Waals surface area contributed by atoms with Crippen molar-refractivity contribution in [2.75, 3.05) is 11.9 Å². The number of esters is 1. The van der Waals surface area contributed by atoms with Gasteiger partial charge in [-0.25, -0.2) is 26.4 Å². The van der Waals surface area contributed by atoms with Crippen LogP contribution in [0.25, 0.3) is 0 Å². The van der Waals surface area contributed by atoms with Crippen LogP contribution >= 0.6 is 15.9 Å². The van der Waals surface area contributed by atoms with Gasteiger partial charge in [0.2, 0.25) is 10.0 Å². The molecule has 7 nitrogen and oxygen atoms in total. The Morgan fingerprint density at radius 3 is 2.00 bits per heavy atom. The maximum Gasteiger partial charge on any atom is 0.338 e. The Balaban J connectivity index is 1.66. The number of ether oxygens (including phenoxy) is 1. The van der Waals surface area contributed by atoms with Crippen LogP contribution < -0.4 is 5.32 Å². The number of sulfonamides is 1. The van der Waals surface area contributed by atoms with E-state index >= 15 is 0 Å². The standard InChI is InChI=1S/C30H24BrF3N2O5S/c1-2-41-30(38)21-7-3-19(4-8-21)17-36(18-20-5-9-22(31)10-6-20)42(39,40)24-12-14-26(32)25(16-24)29(37)35-23-11-13-27(33)28(34)15-23/h3-16H,2,17-18H2,1H3,(H,35,37). The average molecular weight is 661 g/mol. The molecule has 0 saturated carbocycles. The van der Waals surface area contributed by atoms with Crippen molar-refractivity contribution in [2.24, 2.45) is 0 Å². The Morgan fingerprint density at radius 2 is 1.40 bits per heavy atom. The van der Waals surface area contributed by atoms with Gasteiger partial charge in [-0.1, -0.05) is 40.2 Å². The third-order valence-electron chi connectivity index (χ3n) is 6.09. The topological polar surface area (TPSA) is 92.8 Å². The van der Waals surface area contributed by atoms with Crippen molar-refractivity contribution in [3.05, 3.63) is 129 Å². The molecular formula is C30H24BrF3N2O5S. The summed E-state index contributed by atoms with van der Waals surface area (Å²) in [4.78, 5) is 24.5. The first-order valence-electron chi connectivity index (χ1n) is 12.5. The van der Waals surface area contributed by atoms with Gasteiger partial charge in [0.1, 0.15) is 5.82 Å². The maximum absolute atomic E-state index is 14.7. The summed E-state index contributed by atoms with van der Waals surface area (Å²) in [6.07, 6.45) is 0. The highest BCUT2D eigenvalue weighted by Gasteiger charge is 2.27. The molecular weight excluding hydrogens is 637 g/mol. The van der Waals surface area contributed by atoms with Crippen LogP contribution in [-0.4, -0.2) is 31.2 Å². The summed E-state index contributed by atoms with van der Waals surface area (Å²) >= 11 is 3.35. The lowest BCUT2D eigenvalue weighted by Crippen LogP contribution is -2.30. The number of nitrogens with one attached hydrogen (secondary N) is 1. The minimum absolute atomic E-state index is 0.0665.